The van der Waals surface area contributed by atoms with Crippen LogP contribution in [-0.4, -0.2) is 36.8 Å². The summed E-state index contributed by atoms with van der Waals surface area (Å²) in [5.74, 6) is -1.46. The van der Waals surface area contributed by atoms with E-state index in [2.05, 4.69) is 34.9 Å². The molecule has 2 aliphatic rings. The van der Waals surface area contributed by atoms with Gasteiger partial charge in [-0.25, -0.2) is 8.78 Å². The Labute approximate surface area is 193 Å². The molecule has 1 saturated heterocycles. The van der Waals surface area contributed by atoms with Crippen LogP contribution in [0.2, 0.25) is 0 Å². The summed E-state index contributed by atoms with van der Waals surface area (Å²) in [6.45, 7) is 1.16. The van der Waals surface area contributed by atoms with Gasteiger partial charge in [0.25, 0.3) is 0 Å². The van der Waals surface area contributed by atoms with Gasteiger partial charge in [-0.05, 0) is 74.2 Å². The van der Waals surface area contributed by atoms with Crippen molar-refractivity contribution in [3.05, 3.63) is 64.7 Å². The monoisotopic (exact) mass is 458 g/mol. The Morgan fingerprint density at radius 2 is 1.91 bits per heavy atom. The molecule has 3 N–H and O–H groups in total. The predicted molar refractivity (Wildman–Crippen MR) is 122 cm³/mol. The highest BCUT2D eigenvalue weighted by atomic mass is 19.1. The van der Waals surface area contributed by atoms with Crippen molar-refractivity contribution in [3.8, 4) is 5.75 Å². The molecule has 1 aliphatic heterocycles. The third-order valence-electron chi connectivity index (χ3n) is 7.03. The van der Waals surface area contributed by atoms with Gasteiger partial charge in [0, 0.05) is 25.1 Å². The van der Waals surface area contributed by atoms with Crippen LogP contribution in [0.3, 0.4) is 0 Å². The minimum Gasteiger partial charge on any atom is -0.486 e. The molecule has 2 fully saturated rings. The van der Waals surface area contributed by atoms with Crippen LogP contribution < -0.4 is 15.4 Å². The number of ether oxygens (including phenoxy) is 1. The van der Waals surface area contributed by atoms with Gasteiger partial charge in [-0.3, -0.25) is 4.79 Å². The SMILES string of the molecule is CNCc1ccccc1C1CCC(Cc2c(F)ccc(O[C@@H]3CN[C@H](C(=O)O)C3)c2F)CC1. The molecular weight excluding hydrogens is 426 g/mol. The zero-order valence-electron chi connectivity index (χ0n) is 18.9. The number of hydrogen-bond acceptors (Lipinski definition) is 4. The van der Waals surface area contributed by atoms with E-state index < -0.39 is 29.7 Å². The lowest BCUT2D eigenvalue weighted by Crippen LogP contribution is -2.30. The van der Waals surface area contributed by atoms with Gasteiger partial charge in [0.2, 0.25) is 0 Å². The fourth-order valence-corrected chi connectivity index (χ4v) is 5.27. The number of benzene rings is 2. The van der Waals surface area contributed by atoms with Crippen LogP contribution in [0.15, 0.2) is 36.4 Å². The van der Waals surface area contributed by atoms with Crippen molar-refractivity contribution >= 4 is 5.97 Å². The maximum absolute atomic E-state index is 15.2. The second-order valence-electron chi connectivity index (χ2n) is 9.26. The molecule has 0 spiro atoms. The van der Waals surface area contributed by atoms with E-state index in [1.54, 1.807) is 0 Å². The molecule has 1 aliphatic carbocycles. The Hall–Kier alpha value is -2.51. The van der Waals surface area contributed by atoms with Gasteiger partial charge in [0.15, 0.2) is 11.6 Å². The highest BCUT2D eigenvalue weighted by Gasteiger charge is 2.32. The molecular formula is C26H32F2N2O3. The Bertz CT molecular complexity index is 976. The van der Waals surface area contributed by atoms with Gasteiger partial charge in [0.1, 0.15) is 18.0 Å². The fraction of sp³-hybridized carbons (Fsp3) is 0.500. The molecule has 0 radical (unpaired) electrons. The first-order valence-corrected chi connectivity index (χ1v) is 11.8. The highest BCUT2D eigenvalue weighted by molar-refractivity contribution is 5.73. The summed E-state index contributed by atoms with van der Waals surface area (Å²) < 4.78 is 35.4. The normalized spacial score (nSPS) is 25.2. The predicted octanol–water partition coefficient (Wildman–Crippen LogP) is 4.39. The molecule has 2 aromatic carbocycles. The fourth-order valence-electron chi connectivity index (χ4n) is 5.27. The Balaban J connectivity index is 1.39. The molecule has 2 atom stereocenters. The Morgan fingerprint density at radius 3 is 2.61 bits per heavy atom. The molecule has 1 heterocycles. The van der Waals surface area contributed by atoms with E-state index in [0.717, 1.165) is 32.2 Å². The first kappa shape index (κ1) is 23.6. The zero-order chi connectivity index (χ0) is 23.4. The van der Waals surface area contributed by atoms with Crippen LogP contribution >= 0.6 is 0 Å². The van der Waals surface area contributed by atoms with Crippen molar-refractivity contribution in [2.24, 2.45) is 5.92 Å². The molecule has 1 saturated carbocycles. The van der Waals surface area contributed by atoms with Crippen LogP contribution in [-0.2, 0) is 17.8 Å². The van der Waals surface area contributed by atoms with E-state index in [4.69, 9.17) is 9.84 Å². The van der Waals surface area contributed by atoms with Crippen molar-refractivity contribution < 1.29 is 23.4 Å². The summed E-state index contributed by atoms with van der Waals surface area (Å²) in [4.78, 5) is 11.1. The number of carboxylic acids is 1. The molecule has 0 amide bonds. The summed E-state index contributed by atoms with van der Waals surface area (Å²) in [7, 11) is 1.95. The van der Waals surface area contributed by atoms with Crippen LogP contribution in [0.5, 0.6) is 5.75 Å². The molecule has 0 unspecified atom stereocenters. The standard InChI is InChI=1S/C26H32F2N2O3/c1-29-14-18-4-2-3-5-20(18)17-8-6-16(7-9-17)12-21-22(27)10-11-24(25(21)28)33-19-13-23(26(31)32)30-15-19/h2-5,10-11,16-17,19,23,29-30H,6-9,12-15H2,1H3,(H,31,32)/t16?,17?,19-,23-/m0/s1. The van der Waals surface area contributed by atoms with Gasteiger partial charge in [0.05, 0.1) is 0 Å². The number of carbonyl (C=O) groups is 1. The average Bonchev–Trinajstić information content (AvgIpc) is 3.29. The van der Waals surface area contributed by atoms with Crippen molar-refractivity contribution in [1.82, 2.24) is 10.6 Å². The van der Waals surface area contributed by atoms with Gasteiger partial charge in [-0.15, -0.1) is 0 Å². The summed E-state index contributed by atoms with van der Waals surface area (Å²) >= 11 is 0. The van der Waals surface area contributed by atoms with E-state index >= 15 is 4.39 Å². The maximum atomic E-state index is 15.2. The van der Waals surface area contributed by atoms with Gasteiger partial charge < -0.3 is 20.5 Å². The number of aliphatic carboxylic acids is 1. The number of rotatable bonds is 8. The van der Waals surface area contributed by atoms with Crippen molar-refractivity contribution in [3.63, 3.8) is 0 Å². The molecule has 2 aromatic rings. The van der Waals surface area contributed by atoms with Crippen molar-refractivity contribution in [2.45, 2.75) is 63.1 Å². The molecule has 0 aromatic heterocycles. The first-order valence-electron chi connectivity index (χ1n) is 11.8. The van der Waals surface area contributed by atoms with Crippen molar-refractivity contribution in [2.75, 3.05) is 13.6 Å². The highest BCUT2D eigenvalue weighted by Crippen LogP contribution is 2.39. The van der Waals surface area contributed by atoms with Crippen molar-refractivity contribution in [1.29, 1.82) is 0 Å². The summed E-state index contributed by atoms with van der Waals surface area (Å²) in [5.41, 5.74) is 2.77. The quantitative estimate of drug-likeness (QED) is 0.547. The number of carboxylic acid groups (broad SMARTS) is 1. The first-order chi connectivity index (χ1) is 16.0. The molecule has 0 bridgehead atoms. The van der Waals surface area contributed by atoms with E-state index in [1.807, 2.05) is 7.05 Å². The number of hydrogen-bond donors (Lipinski definition) is 3. The third kappa shape index (κ3) is 5.53. The molecule has 5 nitrogen and oxygen atoms in total. The van der Waals surface area contributed by atoms with Crippen LogP contribution in [0.25, 0.3) is 0 Å². The van der Waals surface area contributed by atoms with E-state index in [9.17, 15) is 9.18 Å². The average molecular weight is 459 g/mol. The molecule has 178 valence electrons. The Morgan fingerprint density at radius 1 is 1.15 bits per heavy atom. The van der Waals surface area contributed by atoms with E-state index in [0.29, 0.717) is 18.9 Å². The van der Waals surface area contributed by atoms with E-state index in [-0.39, 0.29) is 23.7 Å². The maximum Gasteiger partial charge on any atom is 0.320 e. The van der Waals surface area contributed by atoms with E-state index in [1.165, 1.54) is 23.3 Å². The smallest absolute Gasteiger partial charge is 0.320 e. The second-order valence-corrected chi connectivity index (χ2v) is 9.26. The van der Waals surface area contributed by atoms with Gasteiger partial charge in [-0.1, -0.05) is 24.3 Å². The van der Waals surface area contributed by atoms with Gasteiger partial charge in [-0.2, -0.15) is 0 Å². The lowest BCUT2D eigenvalue weighted by molar-refractivity contribution is -0.139. The topological polar surface area (TPSA) is 70.6 Å². The van der Waals surface area contributed by atoms with Gasteiger partial charge >= 0.3 is 5.97 Å². The number of halogens is 2. The van der Waals surface area contributed by atoms with Crippen LogP contribution in [0, 0.1) is 17.6 Å². The summed E-state index contributed by atoms with van der Waals surface area (Å²) in [6, 6.07) is 10.4. The molecule has 4 rings (SSSR count). The molecule has 7 heteroatoms. The second kappa shape index (κ2) is 10.6. The summed E-state index contributed by atoms with van der Waals surface area (Å²) in [6.07, 6.45) is 4.02. The summed E-state index contributed by atoms with van der Waals surface area (Å²) in [5, 5.41) is 15.2. The third-order valence-corrected chi connectivity index (χ3v) is 7.03. The minimum atomic E-state index is -0.953. The lowest BCUT2D eigenvalue weighted by Gasteiger charge is -2.30. The number of nitrogens with one attached hydrogen (secondary N) is 2. The molecule has 33 heavy (non-hydrogen) atoms. The Kier molecular flexibility index (Phi) is 7.60. The zero-order valence-corrected chi connectivity index (χ0v) is 18.9. The van der Waals surface area contributed by atoms with Crippen LogP contribution in [0.4, 0.5) is 8.78 Å². The minimum absolute atomic E-state index is 0.00100. The largest absolute Gasteiger partial charge is 0.486 e. The lowest BCUT2D eigenvalue weighted by atomic mass is 9.75. The van der Waals surface area contributed by atoms with Crippen LogP contribution in [0.1, 0.15) is 54.7 Å².